The van der Waals surface area contributed by atoms with Crippen LogP contribution in [0.1, 0.15) is 29.5 Å². The zero-order valence-electron chi connectivity index (χ0n) is 14.0. The van der Waals surface area contributed by atoms with Gasteiger partial charge in [-0.2, -0.15) is 0 Å². The Kier molecular flexibility index (Phi) is 3.68. The summed E-state index contributed by atoms with van der Waals surface area (Å²) in [6.07, 6.45) is 9.61. The molecule has 1 atom stereocenters. The topological polar surface area (TPSA) is 66.7 Å². The van der Waals surface area contributed by atoms with Crippen molar-refractivity contribution < 1.29 is 9.15 Å². The third-order valence-electron chi connectivity index (χ3n) is 4.96. The number of pyridine rings is 1. The molecule has 0 amide bonds. The lowest BCUT2D eigenvalue weighted by Crippen LogP contribution is -2.47. The van der Waals surface area contributed by atoms with E-state index in [9.17, 15) is 0 Å². The van der Waals surface area contributed by atoms with Gasteiger partial charge in [-0.25, -0.2) is 15.4 Å². The van der Waals surface area contributed by atoms with Gasteiger partial charge in [-0.05, 0) is 30.5 Å². The van der Waals surface area contributed by atoms with Crippen LogP contribution in [0.2, 0.25) is 0 Å². The molecular weight excluding hydrogens is 318 g/mol. The molecule has 0 aromatic carbocycles. The van der Waals surface area contributed by atoms with Crippen LogP contribution in [-0.4, -0.2) is 46.1 Å². The van der Waals surface area contributed by atoms with Crippen LogP contribution in [0, 0.1) is 0 Å². The number of nitrogens with one attached hydrogen (secondary N) is 1. The third kappa shape index (κ3) is 2.89. The largest absolute Gasteiger partial charge is 0.477 e. The lowest BCUT2D eigenvalue weighted by atomic mass is 10.1. The van der Waals surface area contributed by atoms with Crippen molar-refractivity contribution in [3.05, 3.63) is 53.5 Å². The van der Waals surface area contributed by atoms with Crippen molar-refractivity contribution in [1.82, 2.24) is 25.3 Å². The Morgan fingerprint density at radius 2 is 2.28 bits per heavy atom. The second-order valence-corrected chi connectivity index (χ2v) is 6.76. The first-order valence-electron chi connectivity index (χ1n) is 8.82. The molecule has 7 nitrogen and oxygen atoms in total. The van der Waals surface area contributed by atoms with Crippen molar-refractivity contribution in [2.45, 2.75) is 25.4 Å². The quantitative estimate of drug-likeness (QED) is 0.912. The molecule has 1 N–H and O–H groups in total. The maximum absolute atomic E-state index is 5.61. The summed E-state index contributed by atoms with van der Waals surface area (Å²) in [6.45, 7) is 4.57. The summed E-state index contributed by atoms with van der Waals surface area (Å²) in [5.74, 6) is 1.53. The normalized spacial score (nSPS) is 23.0. The van der Waals surface area contributed by atoms with E-state index in [-0.39, 0.29) is 6.04 Å². The van der Waals surface area contributed by atoms with E-state index in [1.807, 2.05) is 6.20 Å². The zero-order valence-corrected chi connectivity index (χ0v) is 14.0. The number of oxazole rings is 1. The second-order valence-electron chi connectivity index (χ2n) is 6.76. The van der Waals surface area contributed by atoms with E-state index in [2.05, 4.69) is 37.4 Å². The van der Waals surface area contributed by atoms with Crippen LogP contribution in [0.15, 0.2) is 40.9 Å². The van der Waals surface area contributed by atoms with Gasteiger partial charge in [0.25, 0.3) is 0 Å². The predicted octanol–water partition coefficient (Wildman–Crippen LogP) is 1.66. The molecular formula is C18H21N5O2. The number of aryl methyl sites for hydroxylation is 1. The summed E-state index contributed by atoms with van der Waals surface area (Å²) in [4.78, 5) is 11.2. The Balaban J connectivity index is 1.28. The molecule has 2 aromatic heterocycles. The second kappa shape index (κ2) is 6.16. The van der Waals surface area contributed by atoms with Gasteiger partial charge < -0.3 is 14.2 Å². The molecule has 0 spiro atoms. The molecule has 3 aliphatic heterocycles. The minimum Gasteiger partial charge on any atom is -0.477 e. The van der Waals surface area contributed by atoms with Gasteiger partial charge in [-0.1, -0.05) is 0 Å². The van der Waals surface area contributed by atoms with Gasteiger partial charge in [0.05, 0.1) is 12.8 Å². The van der Waals surface area contributed by atoms with Gasteiger partial charge in [0.2, 0.25) is 11.8 Å². The number of hydrogen-bond donors (Lipinski definition) is 1. The van der Waals surface area contributed by atoms with Crippen LogP contribution in [0.4, 0.5) is 0 Å². The first kappa shape index (κ1) is 14.9. The van der Waals surface area contributed by atoms with Gasteiger partial charge in [0.15, 0.2) is 0 Å². The molecule has 1 unspecified atom stereocenters. The van der Waals surface area contributed by atoms with E-state index < -0.39 is 0 Å². The lowest BCUT2D eigenvalue weighted by Gasteiger charge is -2.35. The molecule has 25 heavy (non-hydrogen) atoms. The van der Waals surface area contributed by atoms with E-state index in [4.69, 9.17) is 9.15 Å². The van der Waals surface area contributed by atoms with Crippen molar-refractivity contribution in [3.8, 4) is 5.88 Å². The molecule has 0 aliphatic carbocycles. The number of hydrazine groups is 1. The molecule has 0 saturated carbocycles. The van der Waals surface area contributed by atoms with E-state index >= 15 is 0 Å². The highest BCUT2D eigenvalue weighted by Gasteiger charge is 2.30. The predicted molar refractivity (Wildman–Crippen MR) is 90.5 cm³/mol. The van der Waals surface area contributed by atoms with E-state index in [0.29, 0.717) is 5.89 Å². The van der Waals surface area contributed by atoms with Crippen LogP contribution in [0.25, 0.3) is 0 Å². The molecule has 5 rings (SSSR count). The Morgan fingerprint density at radius 3 is 3.20 bits per heavy atom. The average molecular weight is 339 g/mol. The first-order valence-corrected chi connectivity index (χ1v) is 8.82. The summed E-state index contributed by atoms with van der Waals surface area (Å²) in [5, 5.41) is 2.21. The molecule has 1 fully saturated rings. The summed E-state index contributed by atoms with van der Waals surface area (Å²) in [5.41, 5.74) is 7.23. The smallest absolute Gasteiger partial charge is 0.216 e. The fourth-order valence-corrected chi connectivity index (χ4v) is 3.75. The summed E-state index contributed by atoms with van der Waals surface area (Å²) < 4.78 is 11.0. The summed E-state index contributed by atoms with van der Waals surface area (Å²) >= 11 is 0. The molecule has 2 aromatic rings. The minimum absolute atomic E-state index is 0.0347. The highest BCUT2D eigenvalue weighted by molar-refractivity contribution is 5.31. The van der Waals surface area contributed by atoms with Crippen molar-refractivity contribution in [2.24, 2.45) is 0 Å². The van der Waals surface area contributed by atoms with E-state index in [0.717, 1.165) is 51.5 Å². The SMILES string of the molecule is C1=C2CN(Cc3cnc4c(c3)CCCO4)CCN2NC1c1ncco1. The molecule has 130 valence electrons. The van der Waals surface area contributed by atoms with Crippen LogP contribution in [-0.2, 0) is 13.0 Å². The number of nitrogens with zero attached hydrogens (tertiary/aromatic N) is 4. The summed E-state index contributed by atoms with van der Waals surface area (Å²) in [7, 11) is 0. The minimum atomic E-state index is 0.0347. The van der Waals surface area contributed by atoms with Crippen LogP contribution < -0.4 is 10.2 Å². The van der Waals surface area contributed by atoms with Crippen molar-refractivity contribution in [3.63, 3.8) is 0 Å². The van der Waals surface area contributed by atoms with Gasteiger partial charge in [-0.3, -0.25) is 4.90 Å². The number of rotatable bonds is 3. The number of hydrogen-bond acceptors (Lipinski definition) is 7. The van der Waals surface area contributed by atoms with Gasteiger partial charge >= 0.3 is 0 Å². The third-order valence-corrected chi connectivity index (χ3v) is 4.96. The van der Waals surface area contributed by atoms with Gasteiger partial charge in [0.1, 0.15) is 12.3 Å². The highest BCUT2D eigenvalue weighted by atomic mass is 16.5. The Labute approximate surface area is 146 Å². The molecule has 7 heteroatoms. The molecule has 3 aliphatic rings. The van der Waals surface area contributed by atoms with Crippen molar-refractivity contribution >= 4 is 0 Å². The Bertz CT molecular complexity index is 789. The van der Waals surface area contributed by atoms with Crippen LogP contribution in [0.3, 0.4) is 0 Å². The zero-order chi connectivity index (χ0) is 16.6. The van der Waals surface area contributed by atoms with Crippen molar-refractivity contribution in [2.75, 3.05) is 26.2 Å². The Hall–Kier alpha value is -2.38. The average Bonchev–Trinajstić information content (AvgIpc) is 3.30. The van der Waals surface area contributed by atoms with Crippen molar-refractivity contribution in [1.29, 1.82) is 0 Å². The van der Waals surface area contributed by atoms with E-state index in [1.165, 1.54) is 16.8 Å². The maximum atomic E-state index is 5.61. The number of aromatic nitrogens is 2. The van der Waals surface area contributed by atoms with Crippen LogP contribution >= 0.6 is 0 Å². The van der Waals surface area contributed by atoms with Gasteiger partial charge in [-0.15, -0.1) is 0 Å². The van der Waals surface area contributed by atoms with Gasteiger partial charge in [0, 0.05) is 43.6 Å². The molecule has 0 radical (unpaired) electrons. The number of ether oxygens (including phenoxy) is 1. The van der Waals surface area contributed by atoms with E-state index in [1.54, 1.807) is 12.5 Å². The number of fused-ring (bicyclic) bond motifs is 2. The lowest BCUT2D eigenvalue weighted by molar-refractivity contribution is 0.136. The monoisotopic (exact) mass is 339 g/mol. The standard InChI is InChI=1S/C18H21N5O2/c1-2-14-8-13(10-20-17(14)24-6-1)11-22-4-5-23-15(12-22)9-16(21-23)18-19-3-7-25-18/h3,7-10,16,21H,1-2,4-6,11-12H2. The fourth-order valence-electron chi connectivity index (χ4n) is 3.75. The fraction of sp³-hybridized carbons (Fsp3) is 0.444. The molecule has 0 bridgehead atoms. The maximum Gasteiger partial charge on any atom is 0.216 e. The highest BCUT2D eigenvalue weighted by Crippen LogP contribution is 2.27. The summed E-state index contributed by atoms with van der Waals surface area (Å²) in [6, 6.07) is 2.29. The Morgan fingerprint density at radius 1 is 1.28 bits per heavy atom. The molecule has 5 heterocycles. The van der Waals surface area contributed by atoms with Crippen LogP contribution in [0.5, 0.6) is 5.88 Å². The first-order chi connectivity index (χ1) is 12.3. The molecule has 1 saturated heterocycles. The number of piperazine rings is 1.